The molecule has 0 spiro atoms. The highest BCUT2D eigenvalue weighted by Gasteiger charge is 2.10. The molecule has 3 N–H and O–H groups in total. The molecule has 130 valence electrons. The maximum absolute atomic E-state index is 12.8. The molecule has 0 radical (unpaired) electrons. The summed E-state index contributed by atoms with van der Waals surface area (Å²) in [6.45, 7) is 1.96. The van der Waals surface area contributed by atoms with E-state index in [9.17, 15) is 18.8 Å². The summed E-state index contributed by atoms with van der Waals surface area (Å²) in [5.41, 5.74) is 6.07. The fraction of sp³-hybridized carbons (Fsp3) is 0.167. The van der Waals surface area contributed by atoms with Gasteiger partial charge in [0.1, 0.15) is 5.82 Å². The second kappa shape index (κ2) is 8.58. The minimum absolute atomic E-state index is 0.00131. The lowest BCUT2D eigenvalue weighted by Crippen LogP contribution is -2.42. The lowest BCUT2D eigenvalue weighted by Gasteiger charge is -2.09. The highest BCUT2D eigenvalue weighted by molar-refractivity contribution is 5.96. The van der Waals surface area contributed by atoms with Crippen LogP contribution in [0.3, 0.4) is 0 Å². The van der Waals surface area contributed by atoms with Crippen molar-refractivity contribution < 1.29 is 18.8 Å². The number of hydrogen-bond acceptors (Lipinski definition) is 3. The SMILES string of the molecule is Cc1ccccc1C(=O)NCCC(=O)NNC(=O)c1ccc(F)cc1. The van der Waals surface area contributed by atoms with Gasteiger partial charge in [0.2, 0.25) is 5.91 Å². The molecule has 0 fully saturated rings. The molecule has 0 aliphatic carbocycles. The number of hydrazine groups is 1. The summed E-state index contributed by atoms with van der Waals surface area (Å²) in [6, 6.07) is 12.0. The van der Waals surface area contributed by atoms with Gasteiger partial charge in [-0.3, -0.25) is 25.2 Å². The molecule has 0 bridgehead atoms. The molecule has 0 aromatic heterocycles. The fourth-order valence-electron chi connectivity index (χ4n) is 2.07. The summed E-state index contributed by atoms with van der Waals surface area (Å²) in [7, 11) is 0. The van der Waals surface area contributed by atoms with E-state index in [0.717, 1.165) is 17.7 Å². The maximum Gasteiger partial charge on any atom is 0.269 e. The van der Waals surface area contributed by atoms with Gasteiger partial charge in [0.05, 0.1) is 0 Å². The quantitative estimate of drug-likeness (QED) is 0.723. The maximum atomic E-state index is 12.8. The molecule has 0 aliphatic rings. The third-order valence-corrected chi connectivity index (χ3v) is 3.45. The largest absolute Gasteiger partial charge is 0.352 e. The molecule has 2 aromatic carbocycles. The molecule has 0 aliphatic heterocycles. The van der Waals surface area contributed by atoms with Crippen molar-refractivity contribution in [3.63, 3.8) is 0 Å². The van der Waals surface area contributed by atoms with Gasteiger partial charge < -0.3 is 5.32 Å². The van der Waals surface area contributed by atoms with Crippen molar-refractivity contribution in [2.45, 2.75) is 13.3 Å². The van der Waals surface area contributed by atoms with Crippen molar-refractivity contribution >= 4 is 17.7 Å². The summed E-state index contributed by atoms with van der Waals surface area (Å²) in [4.78, 5) is 35.4. The standard InChI is InChI=1S/C18H18FN3O3/c1-12-4-2-3-5-15(12)18(25)20-11-10-16(23)21-22-17(24)13-6-8-14(19)9-7-13/h2-9H,10-11H2,1H3,(H,20,25)(H,21,23)(H,22,24). The van der Waals surface area contributed by atoms with E-state index in [0.29, 0.717) is 5.56 Å². The summed E-state index contributed by atoms with van der Waals surface area (Å²) in [5, 5.41) is 2.64. The normalized spacial score (nSPS) is 10.0. The first-order valence-electron chi connectivity index (χ1n) is 7.66. The van der Waals surface area contributed by atoms with Gasteiger partial charge in [-0.2, -0.15) is 0 Å². The van der Waals surface area contributed by atoms with Crippen molar-refractivity contribution in [1.29, 1.82) is 0 Å². The number of halogens is 1. The minimum atomic E-state index is -0.558. The summed E-state index contributed by atoms with van der Waals surface area (Å²) >= 11 is 0. The number of carbonyl (C=O) groups is 3. The number of amides is 3. The van der Waals surface area contributed by atoms with Crippen LogP contribution in [0.5, 0.6) is 0 Å². The van der Waals surface area contributed by atoms with E-state index in [1.807, 2.05) is 19.1 Å². The van der Waals surface area contributed by atoms with Crippen molar-refractivity contribution in [1.82, 2.24) is 16.2 Å². The van der Waals surface area contributed by atoms with E-state index < -0.39 is 17.6 Å². The van der Waals surface area contributed by atoms with Crippen LogP contribution < -0.4 is 16.2 Å². The Morgan fingerprint density at radius 3 is 2.28 bits per heavy atom. The molecule has 6 nitrogen and oxygen atoms in total. The first kappa shape index (κ1) is 18.1. The van der Waals surface area contributed by atoms with E-state index >= 15 is 0 Å². The van der Waals surface area contributed by atoms with Gasteiger partial charge in [-0.05, 0) is 42.8 Å². The van der Waals surface area contributed by atoms with E-state index in [1.165, 1.54) is 12.1 Å². The average molecular weight is 343 g/mol. The molecule has 0 atom stereocenters. The van der Waals surface area contributed by atoms with Gasteiger partial charge >= 0.3 is 0 Å². The van der Waals surface area contributed by atoms with Gasteiger partial charge in [-0.1, -0.05) is 18.2 Å². The van der Waals surface area contributed by atoms with Gasteiger partial charge in [0.15, 0.2) is 0 Å². The van der Waals surface area contributed by atoms with Crippen molar-refractivity contribution in [3.05, 3.63) is 71.0 Å². The lowest BCUT2D eigenvalue weighted by atomic mass is 10.1. The first-order chi connectivity index (χ1) is 12.0. The molecule has 3 amide bonds. The average Bonchev–Trinajstić information content (AvgIpc) is 2.60. The summed E-state index contributed by atoms with van der Waals surface area (Å²) < 4.78 is 12.8. The van der Waals surface area contributed by atoms with E-state index in [4.69, 9.17) is 0 Å². The summed E-state index contributed by atoms with van der Waals surface area (Å²) in [6.07, 6.45) is 0.00131. The molecule has 0 saturated carbocycles. The Morgan fingerprint density at radius 2 is 1.60 bits per heavy atom. The number of benzene rings is 2. The third kappa shape index (κ3) is 5.42. The van der Waals surface area contributed by atoms with Crippen molar-refractivity contribution in [2.75, 3.05) is 6.54 Å². The molecule has 25 heavy (non-hydrogen) atoms. The lowest BCUT2D eigenvalue weighted by molar-refractivity contribution is -0.121. The second-order valence-corrected chi connectivity index (χ2v) is 5.33. The number of nitrogens with one attached hydrogen (secondary N) is 3. The Bertz CT molecular complexity index is 775. The molecule has 0 heterocycles. The number of aryl methyl sites for hydroxylation is 1. The zero-order valence-corrected chi connectivity index (χ0v) is 13.6. The number of hydrogen-bond donors (Lipinski definition) is 3. The fourth-order valence-corrected chi connectivity index (χ4v) is 2.07. The Morgan fingerprint density at radius 1 is 0.920 bits per heavy atom. The molecule has 2 rings (SSSR count). The molecule has 7 heteroatoms. The van der Waals surface area contributed by atoms with Gasteiger partial charge in [-0.25, -0.2) is 4.39 Å². The van der Waals surface area contributed by atoms with Crippen LogP contribution in [0.25, 0.3) is 0 Å². The van der Waals surface area contributed by atoms with Crippen molar-refractivity contribution in [2.24, 2.45) is 0 Å². The van der Waals surface area contributed by atoms with Crippen LogP contribution in [0.4, 0.5) is 4.39 Å². The molecule has 0 saturated heterocycles. The van der Waals surface area contributed by atoms with Gasteiger partial charge in [0.25, 0.3) is 11.8 Å². The highest BCUT2D eigenvalue weighted by atomic mass is 19.1. The molecule has 2 aromatic rings. The Balaban J connectivity index is 1.72. The predicted octanol–water partition coefficient (Wildman–Crippen LogP) is 1.72. The number of carbonyl (C=O) groups excluding carboxylic acids is 3. The zero-order valence-electron chi connectivity index (χ0n) is 13.6. The topological polar surface area (TPSA) is 87.3 Å². The second-order valence-electron chi connectivity index (χ2n) is 5.33. The van der Waals surface area contributed by atoms with Crippen LogP contribution in [0.1, 0.15) is 32.7 Å². The van der Waals surface area contributed by atoms with E-state index in [1.54, 1.807) is 12.1 Å². The van der Waals surface area contributed by atoms with E-state index in [2.05, 4.69) is 16.2 Å². The molecular formula is C18H18FN3O3. The molecular weight excluding hydrogens is 325 g/mol. The summed E-state index contributed by atoms with van der Waals surface area (Å²) in [5.74, 6) is -1.73. The van der Waals surface area contributed by atoms with Crippen LogP contribution in [0.15, 0.2) is 48.5 Å². The number of rotatable bonds is 5. The van der Waals surface area contributed by atoms with Crippen molar-refractivity contribution in [3.8, 4) is 0 Å². The van der Waals surface area contributed by atoms with Crippen LogP contribution in [0, 0.1) is 12.7 Å². The Hall–Kier alpha value is -3.22. The van der Waals surface area contributed by atoms with Gasteiger partial charge in [0, 0.05) is 24.1 Å². The van der Waals surface area contributed by atoms with Crippen LogP contribution in [-0.2, 0) is 4.79 Å². The zero-order chi connectivity index (χ0) is 18.2. The monoisotopic (exact) mass is 343 g/mol. The smallest absolute Gasteiger partial charge is 0.269 e. The first-order valence-corrected chi connectivity index (χ1v) is 7.66. The van der Waals surface area contributed by atoms with Gasteiger partial charge in [-0.15, -0.1) is 0 Å². The van der Waals surface area contributed by atoms with E-state index in [-0.39, 0.29) is 24.4 Å². The van der Waals surface area contributed by atoms with Crippen LogP contribution in [-0.4, -0.2) is 24.3 Å². The molecule has 0 unspecified atom stereocenters. The minimum Gasteiger partial charge on any atom is -0.352 e. The predicted molar refractivity (Wildman–Crippen MR) is 90.1 cm³/mol. The third-order valence-electron chi connectivity index (χ3n) is 3.45. The van der Waals surface area contributed by atoms with Crippen LogP contribution >= 0.6 is 0 Å². The van der Waals surface area contributed by atoms with Crippen LogP contribution in [0.2, 0.25) is 0 Å². The Kier molecular flexibility index (Phi) is 6.22. The highest BCUT2D eigenvalue weighted by Crippen LogP contribution is 2.06. The Labute approximate surface area is 144 Å².